The first-order valence-electron chi connectivity index (χ1n) is 5.01. The topological polar surface area (TPSA) is 20.2 Å². The van der Waals surface area contributed by atoms with Crippen molar-refractivity contribution in [2.75, 3.05) is 0 Å². The molecule has 4 heteroatoms. The van der Waals surface area contributed by atoms with Crippen molar-refractivity contribution in [2.24, 2.45) is 0 Å². The largest absolute Gasteiger partial charge is 0.508 e. The zero-order valence-electron chi connectivity index (χ0n) is 8.86. The summed E-state index contributed by atoms with van der Waals surface area (Å²) in [6.07, 6.45) is 0. The zero-order chi connectivity index (χ0) is 12.3. The van der Waals surface area contributed by atoms with Gasteiger partial charge in [0.2, 0.25) is 0 Å². The molecule has 0 unspecified atom stereocenters. The van der Waals surface area contributed by atoms with Crippen molar-refractivity contribution in [3.8, 4) is 5.75 Å². The minimum Gasteiger partial charge on any atom is -0.508 e. The summed E-state index contributed by atoms with van der Waals surface area (Å²) in [7, 11) is 0. The van der Waals surface area contributed by atoms with Crippen molar-refractivity contribution in [3.05, 3.63) is 58.3 Å². The van der Waals surface area contributed by atoms with E-state index in [1.807, 2.05) is 6.07 Å². The van der Waals surface area contributed by atoms with Crippen LogP contribution in [0, 0.1) is 5.82 Å². The molecule has 2 rings (SSSR count). The first-order chi connectivity index (χ1) is 8.15. The summed E-state index contributed by atoms with van der Waals surface area (Å²) in [6.45, 7) is 0. The van der Waals surface area contributed by atoms with Gasteiger partial charge in [-0.1, -0.05) is 22.0 Å². The summed E-state index contributed by atoms with van der Waals surface area (Å²) in [5.41, 5.74) is 0.646. The van der Waals surface area contributed by atoms with E-state index in [4.69, 9.17) is 0 Å². The van der Waals surface area contributed by atoms with Gasteiger partial charge in [0.05, 0.1) is 0 Å². The minimum atomic E-state index is -0.208. The van der Waals surface area contributed by atoms with Crippen LogP contribution in [0.3, 0.4) is 0 Å². The number of hydrogen-bond acceptors (Lipinski definition) is 2. The van der Waals surface area contributed by atoms with E-state index in [9.17, 15) is 9.50 Å². The van der Waals surface area contributed by atoms with Gasteiger partial charge >= 0.3 is 0 Å². The molecule has 0 saturated carbocycles. The SMILES string of the molecule is Oc1cccc(SCc2cc(Br)ccc2F)c1. The van der Waals surface area contributed by atoms with Gasteiger partial charge in [-0.05, 0) is 42.0 Å². The molecule has 0 bridgehead atoms. The van der Waals surface area contributed by atoms with Gasteiger partial charge in [0.25, 0.3) is 0 Å². The highest BCUT2D eigenvalue weighted by Crippen LogP contribution is 2.27. The van der Waals surface area contributed by atoms with Crippen LogP contribution in [0.2, 0.25) is 0 Å². The molecule has 0 radical (unpaired) electrons. The highest BCUT2D eigenvalue weighted by atomic mass is 79.9. The van der Waals surface area contributed by atoms with Gasteiger partial charge in [-0.15, -0.1) is 11.8 Å². The average Bonchev–Trinajstić information content (AvgIpc) is 2.30. The van der Waals surface area contributed by atoms with Crippen molar-refractivity contribution >= 4 is 27.7 Å². The fourth-order valence-electron chi connectivity index (χ4n) is 1.39. The number of phenolic OH excluding ortho intramolecular Hbond substituents is 1. The number of rotatable bonds is 3. The molecule has 0 atom stereocenters. The van der Waals surface area contributed by atoms with Gasteiger partial charge in [-0.3, -0.25) is 0 Å². The predicted octanol–water partition coefficient (Wildman–Crippen LogP) is 4.59. The molecule has 0 spiro atoms. The second kappa shape index (κ2) is 5.56. The Labute approximate surface area is 112 Å². The van der Waals surface area contributed by atoms with Gasteiger partial charge in [0.1, 0.15) is 11.6 Å². The van der Waals surface area contributed by atoms with E-state index in [1.54, 1.807) is 30.3 Å². The molecule has 2 aromatic carbocycles. The lowest BCUT2D eigenvalue weighted by Gasteiger charge is -2.04. The van der Waals surface area contributed by atoms with Crippen LogP contribution in [0.1, 0.15) is 5.56 Å². The van der Waals surface area contributed by atoms with E-state index >= 15 is 0 Å². The molecule has 0 fully saturated rings. The summed E-state index contributed by atoms with van der Waals surface area (Å²) < 4.78 is 14.3. The Balaban J connectivity index is 2.09. The first kappa shape index (κ1) is 12.5. The summed E-state index contributed by atoms with van der Waals surface area (Å²) in [5, 5.41) is 9.31. The standard InChI is InChI=1S/C13H10BrFOS/c14-10-4-5-13(15)9(6-10)8-17-12-3-1-2-11(16)7-12/h1-7,16H,8H2. The second-order valence-corrected chi connectivity index (χ2v) is 5.49. The number of phenols is 1. The second-order valence-electron chi connectivity index (χ2n) is 3.52. The van der Waals surface area contributed by atoms with Gasteiger partial charge in [-0.2, -0.15) is 0 Å². The maximum Gasteiger partial charge on any atom is 0.127 e. The van der Waals surface area contributed by atoms with Crippen LogP contribution in [0.25, 0.3) is 0 Å². The molecule has 17 heavy (non-hydrogen) atoms. The fraction of sp³-hybridized carbons (Fsp3) is 0.0769. The third-order valence-electron chi connectivity index (χ3n) is 2.22. The fourth-order valence-corrected chi connectivity index (χ4v) is 2.72. The number of benzene rings is 2. The Morgan fingerprint density at radius 2 is 2.00 bits per heavy atom. The molecule has 0 aliphatic rings. The van der Waals surface area contributed by atoms with Crippen LogP contribution in [-0.2, 0) is 5.75 Å². The van der Waals surface area contributed by atoms with Gasteiger partial charge in [0.15, 0.2) is 0 Å². The number of aromatic hydroxyl groups is 1. The van der Waals surface area contributed by atoms with Crippen LogP contribution < -0.4 is 0 Å². The zero-order valence-corrected chi connectivity index (χ0v) is 11.3. The minimum absolute atomic E-state index is 0.208. The monoisotopic (exact) mass is 312 g/mol. The molecule has 0 aliphatic carbocycles. The highest BCUT2D eigenvalue weighted by molar-refractivity contribution is 9.10. The van der Waals surface area contributed by atoms with E-state index in [-0.39, 0.29) is 11.6 Å². The lowest BCUT2D eigenvalue weighted by molar-refractivity contribution is 0.474. The summed E-state index contributed by atoms with van der Waals surface area (Å²) >= 11 is 4.81. The van der Waals surface area contributed by atoms with Crippen molar-refractivity contribution in [1.29, 1.82) is 0 Å². The van der Waals surface area contributed by atoms with Crippen molar-refractivity contribution < 1.29 is 9.50 Å². The van der Waals surface area contributed by atoms with Crippen LogP contribution in [0.4, 0.5) is 4.39 Å². The Morgan fingerprint density at radius 3 is 2.76 bits per heavy atom. The van der Waals surface area contributed by atoms with Crippen LogP contribution in [0.15, 0.2) is 51.8 Å². The highest BCUT2D eigenvalue weighted by Gasteiger charge is 2.04. The quantitative estimate of drug-likeness (QED) is 0.837. The van der Waals surface area contributed by atoms with Crippen molar-refractivity contribution in [2.45, 2.75) is 10.6 Å². The molecular formula is C13H10BrFOS. The first-order valence-corrected chi connectivity index (χ1v) is 6.79. The summed E-state index contributed by atoms with van der Waals surface area (Å²) in [5.74, 6) is 0.555. The van der Waals surface area contributed by atoms with Gasteiger partial charge in [0, 0.05) is 15.1 Å². The van der Waals surface area contributed by atoms with Crippen molar-refractivity contribution in [1.82, 2.24) is 0 Å². The van der Waals surface area contributed by atoms with E-state index in [2.05, 4.69) is 15.9 Å². The summed E-state index contributed by atoms with van der Waals surface area (Å²) in [6, 6.07) is 11.8. The van der Waals surface area contributed by atoms with Gasteiger partial charge in [-0.25, -0.2) is 4.39 Å². The maximum atomic E-state index is 13.5. The Kier molecular flexibility index (Phi) is 4.07. The lowest BCUT2D eigenvalue weighted by Crippen LogP contribution is -1.87. The van der Waals surface area contributed by atoms with E-state index < -0.39 is 0 Å². The molecule has 88 valence electrons. The number of halogens is 2. The van der Waals surface area contributed by atoms with Crippen LogP contribution >= 0.6 is 27.7 Å². The molecule has 0 amide bonds. The molecule has 1 N–H and O–H groups in total. The normalized spacial score (nSPS) is 10.5. The predicted molar refractivity (Wildman–Crippen MR) is 71.8 cm³/mol. The average molecular weight is 313 g/mol. The third kappa shape index (κ3) is 3.48. The molecule has 0 aromatic heterocycles. The van der Waals surface area contributed by atoms with E-state index in [1.165, 1.54) is 17.8 Å². The smallest absolute Gasteiger partial charge is 0.127 e. The molecule has 0 aliphatic heterocycles. The Hall–Kier alpha value is -1.00. The maximum absolute atomic E-state index is 13.5. The van der Waals surface area contributed by atoms with Crippen molar-refractivity contribution in [3.63, 3.8) is 0 Å². The van der Waals surface area contributed by atoms with Crippen LogP contribution in [0.5, 0.6) is 5.75 Å². The third-order valence-corrected chi connectivity index (χ3v) is 3.76. The molecule has 0 heterocycles. The van der Waals surface area contributed by atoms with Crippen LogP contribution in [-0.4, -0.2) is 5.11 Å². The van der Waals surface area contributed by atoms with E-state index in [0.29, 0.717) is 11.3 Å². The Bertz CT molecular complexity index is 531. The molecule has 2 aromatic rings. The van der Waals surface area contributed by atoms with E-state index in [0.717, 1.165) is 9.37 Å². The lowest BCUT2D eigenvalue weighted by atomic mass is 10.2. The summed E-state index contributed by atoms with van der Waals surface area (Å²) in [4.78, 5) is 0.921. The molecule has 0 saturated heterocycles. The van der Waals surface area contributed by atoms with Gasteiger partial charge < -0.3 is 5.11 Å². The molecule has 1 nitrogen and oxygen atoms in total. The molecular weight excluding hydrogens is 303 g/mol. The Morgan fingerprint density at radius 1 is 1.18 bits per heavy atom. The number of thioether (sulfide) groups is 1. The number of hydrogen-bond donors (Lipinski definition) is 1.